The molecule has 7 nitrogen and oxygen atoms in total. The Hall–Kier alpha value is -1.93. The van der Waals surface area contributed by atoms with E-state index in [9.17, 15) is 14.4 Å². The van der Waals surface area contributed by atoms with Crippen molar-refractivity contribution in [2.24, 2.45) is 0 Å². The van der Waals surface area contributed by atoms with Gasteiger partial charge in [0.2, 0.25) is 0 Å². The van der Waals surface area contributed by atoms with Gasteiger partial charge in [-0.25, -0.2) is 9.59 Å². The van der Waals surface area contributed by atoms with E-state index in [0.29, 0.717) is 10.6 Å². The molecule has 0 aliphatic rings. The minimum atomic E-state index is -1.15. The fraction of sp³-hybridized carbons (Fsp3) is 0.462. The summed E-state index contributed by atoms with van der Waals surface area (Å²) in [5.74, 6) is -2.18. The number of carbonyl (C=O) groups excluding carboxylic acids is 2. The highest BCUT2D eigenvalue weighted by atomic mass is 32.1. The first-order valence-corrected chi connectivity index (χ1v) is 7.05. The van der Waals surface area contributed by atoms with Gasteiger partial charge in [-0.05, 0) is 26.3 Å². The van der Waals surface area contributed by atoms with E-state index in [1.807, 2.05) is 6.92 Å². The monoisotopic (exact) mass is 315 g/mol. The molecule has 0 bridgehead atoms. The van der Waals surface area contributed by atoms with Gasteiger partial charge in [-0.1, -0.05) is 0 Å². The minimum absolute atomic E-state index is 0.238. The highest BCUT2D eigenvalue weighted by molar-refractivity contribution is 7.16. The summed E-state index contributed by atoms with van der Waals surface area (Å²) < 4.78 is 9.66. The molecule has 0 unspecified atom stereocenters. The molecule has 8 heteroatoms. The van der Waals surface area contributed by atoms with E-state index < -0.39 is 31.1 Å². The summed E-state index contributed by atoms with van der Waals surface area (Å²) in [6.07, 6.45) is 0. The second-order valence-electron chi connectivity index (χ2n) is 4.14. The molecule has 0 aliphatic carbocycles. The van der Waals surface area contributed by atoms with Crippen LogP contribution in [0.5, 0.6) is 0 Å². The predicted octanol–water partition coefficient (Wildman–Crippen LogP) is 1.58. The van der Waals surface area contributed by atoms with Crippen molar-refractivity contribution in [1.82, 2.24) is 0 Å². The summed E-state index contributed by atoms with van der Waals surface area (Å²) in [4.78, 5) is 34.8. The smallest absolute Gasteiger partial charge is 0.341 e. The Labute approximate surface area is 125 Å². The van der Waals surface area contributed by atoms with E-state index in [1.165, 1.54) is 11.3 Å². The van der Waals surface area contributed by atoms with Crippen molar-refractivity contribution in [2.75, 3.05) is 25.1 Å². The van der Waals surface area contributed by atoms with E-state index >= 15 is 0 Å². The van der Waals surface area contributed by atoms with Crippen LogP contribution in [0.1, 0.15) is 27.7 Å². The average Bonchev–Trinajstić information content (AvgIpc) is 2.64. The number of amides is 1. The second kappa shape index (κ2) is 7.75. The Kier molecular flexibility index (Phi) is 6.32. The van der Waals surface area contributed by atoms with Gasteiger partial charge in [-0.15, -0.1) is 11.3 Å². The maximum Gasteiger partial charge on any atom is 0.341 e. The van der Waals surface area contributed by atoms with E-state index in [1.54, 1.807) is 13.8 Å². The summed E-state index contributed by atoms with van der Waals surface area (Å²) in [5, 5.41) is 11.3. The first-order chi connectivity index (χ1) is 9.86. The quantitative estimate of drug-likeness (QED) is 0.741. The number of nitrogens with one attached hydrogen (secondary N) is 1. The molecule has 2 N–H and O–H groups in total. The van der Waals surface area contributed by atoms with Gasteiger partial charge in [0.05, 0.1) is 12.2 Å². The van der Waals surface area contributed by atoms with E-state index in [2.05, 4.69) is 5.32 Å². The third kappa shape index (κ3) is 4.83. The summed E-state index contributed by atoms with van der Waals surface area (Å²) in [6.45, 7) is 4.59. The number of carbonyl (C=O) groups is 3. The summed E-state index contributed by atoms with van der Waals surface area (Å²) in [5.41, 5.74) is 1.08. The molecule has 1 aromatic heterocycles. The van der Waals surface area contributed by atoms with Crippen molar-refractivity contribution in [3.8, 4) is 0 Å². The topological polar surface area (TPSA) is 102 Å². The van der Waals surface area contributed by atoms with Crippen LogP contribution >= 0.6 is 11.3 Å². The molecule has 1 amide bonds. The average molecular weight is 315 g/mol. The van der Waals surface area contributed by atoms with Crippen molar-refractivity contribution < 1.29 is 29.0 Å². The van der Waals surface area contributed by atoms with Gasteiger partial charge in [0, 0.05) is 4.88 Å². The molecule has 0 radical (unpaired) electrons. The zero-order valence-corrected chi connectivity index (χ0v) is 12.8. The molecule has 116 valence electrons. The Morgan fingerprint density at radius 1 is 1.24 bits per heavy atom. The van der Waals surface area contributed by atoms with Crippen molar-refractivity contribution in [1.29, 1.82) is 0 Å². The molecule has 1 rings (SSSR count). The number of hydrogen-bond acceptors (Lipinski definition) is 6. The van der Waals surface area contributed by atoms with Crippen molar-refractivity contribution in [3.05, 3.63) is 16.0 Å². The lowest BCUT2D eigenvalue weighted by Gasteiger charge is -2.07. The SMILES string of the molecule is CCOC(=O)c1c(NC(=O)COCC(=O)O)sc(C)c1C. The number of hydrogen-bond donors (Lipinski definition) is 2. The predicted molar refractivity (Wildman–Crippen MR) is 76.8 cm³/mol. The number of ether oxygens (including phenoxy) is 2. The van der Waals surface area contributed by atoms with Gasteiger partial charge < -0.3 is 19.9 Å². The zero-order valence-electron chi connectivity index (χ0n) is 12.0. The Morgan fingerprint density at radius 3 is 2.48 bits per heavy atom. The third-order valence-electron chi connectivity index (χ3n) is 2.58. The lowest BCUT2D eigenvalue weighted by Crippen LogP contribution is -2.21. The normalized spacial score (nSPS) is 10.2. The Bertz CT molecular complexity index is 551. The largest absolute Gasteiger partial charge is 0.480 e. The Morgan fingerprint density at radius 2 is 1.90 bits per heavy atom. The lowest BCUT2D eigenvalue weighted by atomic mass is 10.1. The minimum Gasteiger partial charge on any atom is -0.480 e. The van der Waals surface area contributed by atoms with Crippen LogP contribution in [0.2, 0.25) is 0 Å². The van der Waals surface area contributed by atoms with Crippen LogP contribution in [0.15, 0.2) is 0 Å². The van der Waals surface area contributed by atoms with Crippen molar-refractivity contribution >= 4 is 34.2 Å². The van der Waals surface area contributed by atoms with Crippen LogP contribution in [-0.4, -0.2) is 42.8 Å². The first kappa shape index (κ1) is 17.1. The maximum atomic E-state index is 11.9. The molecule has 0 atom stereocenters. The molecule has 0 saturated heterocycles. The number of rotatable bonds is 7. The van der Waals surface area contributed by atoms with Crippen molar-refractivity contribution in [2.45, 2.75) is 20.8 Å². The summed E-state index contributed by atoms with van der Waals surface area (Å²) >= 11 is 1.26. The van der Waals surface area contributed by atoms with Crippen LogP contribution in [-0.2, 0) is 19.1 Å². The molecule has 0 fully saturated rings. The number of aliphatic carboxylic acids is 1. The fourth-order valence-electron chi connectivity index (χ4n) is 1.56. The van der Waals surface area contributed by atoms with E-state index in [0.717, 1.165) is 10.4 Å². The summed E-state index contributed by atoms with van der Waals surface area (Å²) in [6, 6.07) is 0. The van der Waals surface area contributed by atoms with Crippen molar-refractivity contribution in [3.63, 3.8) is 0 Å². The number of anilines is 1. The van der Waals surface area contributed by atoms with Crippen LogP contribution < -0.4 is 5.32 Å². The van der Waals surface area contributed by atoms with Gasteiger partial charge in [-0.3, -0.25) is 4.79 Å². The second-order valence-corrected chi connectivity index (χ2v) is 5.37. The van der Waals surface area contributed by atoms with Gasteiger partial charge in [0.15, 0.2) is 0 Å². The number of carboxylic acids is 1. The van der Waals surface area contributed by atoms with Crippen LogP contribution in [0.25, 0.3) is 0 Å². The molecule has 1 heterocycles. The maximum absolute atomic E-state index is 11.9. The van der Waals surface area contributed by atoms with E-state index in [4.69, 9.17) is 14.6 Å². The molecular formula is C13H17NO6S. The number of esters is 1. The highest BCUT2D eigenvalue weighted by Crippen LogP contribution is 2.32. The zero-order chi connectivity index (χ0) is 16.0. The lowest BCUT2D eigenvalue weighted by molar-refractivity contribution is -0.143. The Balaban J connectivity index is 2.78. The molecule has 0 spiro atoms. The van der Waals surface area contributed by atoms with Crippen LogP contribution in [0.3, 0.4) is 0 Å². The third-order valence-corrected chi connectivity index (χ3v) is 3.70. The molecular weight excluding hydrogens is 298 g/mol. The molecule has 1 aromatic rings. The number of aryl methyl sites for hydroxylation is 1. The first-order valence-electron chi connectivity index (χ1n) is 6.23. The van der Waals surface area contributed by atoms with Crippen LogP contribution in [0.4, 0.5) is 5.00 Å². The van der Waals surface area contributed by atoms with Gasteiger partial charge >= 0.3 is 11.9 Å². The number of carboxylic acid groups (broad SMARTS) is 1. The summed E-state index contributed by atoms with van der Waals surface area (Å²) in [7, 11) is 0. The van der Waals surface area contributed by atoms with Gasteiger partial charge in [0.1, 0.15) is 18.2 Å². The molecule has 0 aliphatic heterocycles. The molecule has 21 heavy (non-hydrogen) atoms. The van der Waals surface area contributed by atoms with Crippen LogP contribution in [0, 0.1) is 13.8 Å². The molecule has 0 saturated carbocycles. The number of thiophene rings is 1. The van der Waals surface area contributed by atoms with Gasteiger partial charge in [-0.2, -0.15) is 0 Å². The van der Waals surface area contributed by atoms with Gasteiger partial charge in [0.25, 0.3) is 5.91 Å². The fourth-order valence-corrected chi connectivity index (χ4v) is 2.62. The standard InChI is InChI=1S/C13H17NO6S/c1-4-20-13(18)11-7(2)8(3)21-12(11)14-9(15)5-19-6-10(16)17/h4-6H2,1-3H3,(H,14,15)(H,16,17). The highest BCUT2D eigenvalue weighted by Gasteiger charge is 2.22. The molecule has 0 aromatic carbocycles. The van der Waals surface area contributed by atoms with E-state index in [-0.39, 0.29) is 6.61 Å².